The molecule has 0 radical (unpaired) electrons. The van der Waals surface area contributed by atoms with E-state index in [-0.39, 0.29) is 26.3 Å². The molecule has 0 heterocycles. The van der Waals surface area contributed by atoms with Gasteiger partial charge in [0.05, 0.1) is 28.7 Å². The number of alkyl carbamates (subject to hydrolysis) is 1. The second-order valence-electron chi connectivity index (χ2n) is 8.90. The molecule has 5 N–H and O–H groups in total. The lowest BCUT2D eigenvalue weighted by Crippen LogP contribution is -2.42. The third-order valence-corrected chi connectivity index (χ3v) is 8.12. The van der Waals surface area contributed by atoms with E-state index in [9.17, 15) is 26.7 Å². The van der Waals surface area contributed by atoms with Crippen molar-refractivity contribution in [1.82, 2.24) is 5.32 Å². The topological polar surface area (TPSA) is 173 Å². The Morgan fingerprint density at radius 2 is 1.37 bits per heavy atom. The van der Waals surface area contributed by atoms with Gasteiger partial charge < -0.3 is 26.0 Å². The molecule has 0 aromatic heterocycles. The quantitative estimate of drug-likeness (QED) is 0.438. The van der Waals surface area contributed by atoms with Crippen molar-refractivity contribution in [3.05, 3.63) is 0 Å². The van der Waals surface area contributed by atoms with Crippen LogP contribution in [0.2, 0.25) is 0 Å². The molecule has 2 aliphatic rings. The minimum atomic E-state index is -3.19. The van der Waals surface area contributed by atoms with Crippen molar-refractivity contribution < 1.29 is 36.6 Å². The van der Waals surface area contributed by atoms with Gasteiger partial charge in [-0.2, -0.15) is 0 Å². The van der Waals surface area contributed by atoms with E-state index in [1.54, 1.807) is 20.8 Å². The van der Waals surface area contributed by atoms with Gasteiger partial charge >= 0.3 is 6.09 Å². The van der Waals surface area contributed by atoms with Crippen molar-refractivity contribution >= 4 is 25.8 Å². The maximum absolute atomic E-state index is 11.5. The first-order valence-electron chi connectivity index (χ1n) is 9.39. The number of carbonyl (C=O) groups is 1. The van der Waals surface area contributed by atoms with Gasteiger partial charge in [0.25, 0.3) is 0 Å². The Bertz CT molecular complexity index is 766. The van der Waals surface area contributed by atoms with Gasteiger partial charge in [0.15, 0.2) is 0 Å². The fourth-order valence-electron chi connectivity index (χ4n) is 3.28. The van der Waals surface area contributed by atoms with Crippen LogP contribution in [0.25, 0.3) is 0 Å². The largest absolute Gasteiger partial charge is 0.444 e. The first kappa shape index (κ1) is 29.1. The summed E-state index contributed by atoms with van der Waals surface area (Å²) in [5, 5.41) is 20.3. The molecule has 0 unspecified atom stereocenters. The Kier molecular flexibility index (Phi) is 10.2. The molecule has 6 atom stereocenters. The number of hydrogen-bond donors (Lipinski definition) is 4. The van der Waals surface area contributed by atoms with Crippen LogP contribution >= 0.6 is 0 Å². The molecule has 0 saturated heterocycles. The average Bonchev–Trinajstić information content (AvgIpc) is 3.01. The van der Waals surface area contributed by atoms with Gasteiger partial charge in [0.2, 0.25) is 0 Å². The second-order valence-corrected chi connectivity index (χ2v) is 13.5. The minimum absolute atomic E-state index is 0. The molecule has 180 valence electrons. The number of nitrogens with two attached hydrogens (primary N) is 1. The van der Waals surface area contributed by atoms with E-state index in [4.69, 9.17) is 15.6 Å². The van der Waals surface area contributed by atoms with Crippen molar-refractivity contribution in [2.24, 2.45) is 5.73 Å². The number of amides is 1. The van der Waals surface area contributed by atoms with Crippen LogP contribution in [0.4, 0.5) is 4.79 Å². The van der Waals surface area contributed by atoms with E-state index in [0.29, 0.717) is 12.8 Å². The molecule has 12 heteroatoms. The molecule has 2 aliphatic carbocycles. The van der Waals surface area contributed by atoms with E-state index in [1.165, 1.54) is 6.26 Å². The second kappa shape index (κ2) is 10.6. The van der Waals surface area contributed by atoms with Crippen LogP contribution in [-0.4, -0.2) is 86.0 Å². The molecular formula is C18H38N2O8S2. The fourth-order valence-corrected chi connectivity index (χ4v) is 5.51. The smallest absolute Gasteiger partial charge is 0.407 e. The van der Waals surface area contributed by atoms with Crippen LogP contribution in [0, 0.1) is 0 Å². The van der Waals surface area contributed by atoms with E-state index < -0.39 is 60.1 Å². The first-order valence-corrected chi connectivity index (χ1v) is 13.3. The number of aliphatic hydroxyl groups is 2. The molecule has 1 amide bonds. The predicted molar refractivity (Wildman–Crippen MR) is 116 cm³/mol. The highest BCUT2D eigenvalue weighted by Crippen LogP contribution is 2.26. The van der Waals surface area contributed by atoms with Crippen molar-refractivity contribution in [1.29, 1.82) is 0 Å². The summed E-state index contributed by atoms with van der Waals surface area (Å²) in [4.78, 5) is 11.5. The summed E-state index contributed by atoms with van der Waals surface area (Å²) in [5.41, 5.74) is 4.83. The van der Waals surface area contributed by atoms with Crippen LogP contribution in [0.15, 0.2) is 0 Å². The Balaban J connectivity index is 0.000000603. The normalized spacial score (nSPS) is 31.9. The van der Waals surface area contributed by atoms with Crippen LogP contribution in [0.3, 0.4) is 0 Å². The van der Waals surface area contributed by atoms with Gasteiger partial charge in [-0.3, -0.25) is 0 Å². The van der Waals surface area contributed by atoms with Crippen molar-refractivity contribution in [3.8, 4) is 0 Å². The molecule has 2 fully saturated rings. The Hall–Kier alpha value is -0.950. The first-order chi connectivity index (χ1) is 12.9. The summed E-state index contributed by atoms with van der Waals surface area (Å²) in [5.74, 6) is 0. The highest BCUT2D eigenvalue weighted by atomic mass is 32.2. The summed E-state index contributed by atoms with van der Waals surface area (Å²) >= 11 is 0. The molecule has 30 heavy (non-hydrogen) atoms. The molecule has 0 aromatic carbocycles. The summed E-state index contributed by atoms with van der Waals surface area (Å²) in [6.45, 7) is 5.20. The molecule has 2 rings (SSSR count). The maximum atomic E-state index is 11.5. The maximum Gasteiger partial charge on any atom is 0.407 e. The number of nitrogens with one attached hydrogen (secondary N) is 1. The Labute approximate surface area is 180 Å². The molecule has 10 nitrogen and oxygen atoms in total. The van der Waals surface area contributed by atoms with Gasteiger partial charge in [-0.25, -0.2) is 21.6 Å². The summed E-state index contributed by atoms with van der Waals surface area (Å²) in [6.07, 6.45) is 1.24. The van der Waals surface area contributed by atoms with Crippen LogP contribution in [0.1, 0.15) is 53.9 Å². The van der Waals surface area contributed by atoms with Gasteiger partial charge in [-0.15, -0.1) is 0 Å². The highest BCUT2D eigenvalue weighted by Gasteiger charge is 2.39. The van der Waals surface area contributed by atoms with Crippen LogP contribution in [-0.2, 0) is 24.4 Å². The van der Waals surface area contributed by atoms with Gasteiger partial charge in [0.1, 0.15) is 25.3 Å². The number of carbonyl (C=O) groups excluding carboxylic acids is 1. The number of sulfone groups is 2. The molecular weight excluding hydrogens is 436 g/mol. The molecule has 0 spiro atoms. The van der Waals surface area contributed by atoms with Gasteiger partial charge in [-0.1, -0.05) is 7.43 Å². The van der Waals surface area contributed by atoms with E-state index in [0.717, 1.165) is 6.26 Å². The molecule has 0 aliphatic heterocycles. The number of hydrogen-bond acceptors (Lipinski definition) is 9. The Morgan fingerprint density at radius 3 is 1.67 bits per heavy atom. The molecule has 0 bridgehead atoms. The van der Waals surface area contributed by atoms with Crippen LogP contribution in [0.5, 0.6) is 0 Å². The summed E-state index contributed by atoms with van der Waals surface area (Å²) in [7, 11) is -6.20. The third-order valence-electron chi connectivity index (χ3n) is 4.93. The van der Waals surface area contributed by atoms with Crippen molar-refractivity contribution in [3.63, 3.8) is 0 Å². The lowest BCUT2D eigenvalue weighted by atomic mass is 10.2. The lowest BCUT2D eigenvalue weighted by molar-refractivity contribution is 0.0449. The predicted octanol–water partition coefficient (Wildman–Crippen LogP) is -0.0347. The lowest BCUT2D eigenvalue weighted by Gasteiger charge is -2.22. The summed E-state index contributed by atoms with van der Waals surface area (Å²) in [6, 6.07) is -0.936. The van der Waals surface area contributed by atoms with Gasteiger partial charge in [0, 0.05) is 18.6 Å². The van der Waals surface area contributed by atoms with Crippen LogP contribution < -0.4 is 11.1 Å². The zero-order valence-electron chi connectivity index (χ0n) is 17.5. The Morgan fingerprint density at radius 1 is 0.933 bits per heavy atom. The van der Waals surface area contributed by atoms with E-state index in [1.807, 2.05) is 0 Å². The monoisotopic (exact) mass is 474 g/mol. The molecule has 0 aromatic rings. The third kappa shape index (κ3) is 9.46. The SMILES string of the molecule is C.CC(C)(C)OC(=O)N[C@@H]1C[C@@H](S(C)(=O)=O)C[C@H]1O.CS(=O)(=O)[C@@H]1C[C@@H](N)[C@H](O)C1. The van der Waals surface area contributed by atoms with Crippen molar-refractivity contribution in [2.45, 2.75) is 94.3 Å². The number of ether oxygens (including phenoxy) is 1. The standard InChI is InChI=1S/C11H21NO5S.C6H13NO3S.CH4/c1-11(2,3)17-10(14)12-8-5-7(6-9(8)13)18(4,15)16;1-11(9,10)4-2-5(7)6(8)3-4;/h7-9,13H,5-6H2,1-4H3,(H,12,14);4-6,8H,2-3,7H2,1H3;1H4/t7-,8-,9-;4-,5-,6-;/m11./s1. The van der Waals surface area contributed by atoms with E-state index in [2.05, 4.69) is 5.32 Å². The highest BCUT2D eigenvalue weighted by molar-refractivity contribution is 7.91. The van der Waals surface area contributed by atoms with E-state index >= 15 is 0 Å². The summed E-state index contributed by atoms with van der Waals surface area (Å²) < 4.78 is 49.7. The average molecular weight is 475 g/mol. The minimum Gasteiger partial charge on any atom is -0.444 e. The number of rotatable bonds is 3. The zero-order valence-corrected chi connectivity index (χ0v) is 19.2. The molecule has 2 saturated carbocycles. The van der Waals surface area contributed by atoms with Crippen molar-refractivity contribution in [2.75, 3.05) is 12.5 Å². The zero-order chi connectivity index (χ0) is 22.8. The number of aliphatic hydroxyl groups excluding tert-OH is 2. The van der Waals surface area contributed by atoms with Gasteiger partial charge in [-0.05, 0) is 46.5 Å². The fraction of sp³-hybridized carbons (Fsp3) is 0.944.